The second-order valence-corrected chi connectivity index (χ2v) is 4.97. The Hall–Kier alpha value is -2.06. The van der Waals surface area contributed by atoms with Gasteiger partial charge in [-0.1, -0.05) is 54.1 Å². The van der Waals surface area contributed by atoms with Gasteiger partial charge in [0.2, 0.25) is 0 Å². The number of aliphatic hydroxyl groups is 1. The van der Waals surface area contributed by atoms with Crippen LogP contribution in [0.2, 0.25) is 0 Å². The van der Waals surface area contributed by atoms with Crippen LogP contribution in [-0.2, 0) is 0 Å². The summed E-state index contributed by atoms with van der Waals surface area (Å²) in [6, 6.07) is 16.1. The van der Waals surface area contributed by atoms with Crippen molar-refractivity contribution in [3.8, 4) is 0 Å². The first-order valence-electron chi connectivity index (χ1n) is 6.52. The van der Waals surface area contributed by atoms with Crippen molar-refractivity contribution < 1.29 is 5.11 Å². The lowest BCUT2D eigenvalue weighted by Crippen LogP contribution is -2.27. The molecule has 1 aliphatic carbocycles. The van der Waals surface area contributed by atoms with Gasteiger partial charge < -0.3 is 10.4 Å². The number of anilines is 1. The fraction of sp³-hybridized carbons (Fsp3) is 0.176. The van der Waals surface area contributed by atoms with Gasteiger partial charge in [-0.2, -0.15) is 0 Å². The summed E-state index contributed by atoms with van der Waals surface area (Å²) in [5.41, 5.74) is 4.33. The highest BCUT2D eigenvalue weighted by molar-refractivity contribution is 5.60. The van der Waals surface area contributed by atoms with Crippen molar-refractivity contribution in [1.29, 1.82) is 0 Å². The lowest BCUT2D eigenvalue weighted by atomic mass is 9.91. The second-order valence-electron chi connectivity index (χ2n) is 4.97. The van der Waals surface area contributed by atoms with Crippen molar-refractivity contribution in [3.05, 3.63) is 71.3 Å². The molecule has 0 unspecified atom stereocenters. The minimum atomic E-state index is -0.512. The fourth-order valence-electron chi connectivity index (χ4n) is 2.41. The summed E-state index contributed by atoms with van der Waals surface area (Å²) < 4.78 is 0. The third-order valence-electron chi connectivity index (χ3n) is 3.52. The van der Waals surface area contributed by atoms with Crippen LogP contribution >= 0.6 is 0 Å². The summed E-state index contributed by atoms with van der Waals surface area (Å²) >= 11 is 0. The van der Waals surface area contributed by atoms with Crippen LogP contribution in [0.25, 0.3) is 6.08 Å². The zero-order valence-corrected chi connectivity index (χ0v) is 10.9. The standard InChI is InChI=1S/C17H17NO/c1-12-6-9-14(10-7-12)18-16-11-8-13-4-2-3-5-15(13)17(16)19/h2-11,16-19H,1H3/t16-,17-/m1/s1. The average Bonchev–Trinajstić information content (AvgIpc) is 2.45. The Morgan fingerprint density at radius 2 is 1.74 bits per heavy atom. The smallest absolute Gasteiger partial charge is 0.103 e. The summed E-state index contributed by atoms with van der Waals surface area (Å²) in [4.78, 5) is 0. The number of nitrogens with one attached hydrogen (secondary N) is 1. The predicted octanol–water partition coefficient (Wildman–Crippen LogP) is 3.54. The zero-order valence-electron chi connectivity index (χ0n) is 10.9. The molecule has 2 aromatic rings. The maximum absolute atomic E-state index is 10.4. The Morgan fingerprint density at radius 3 is 2.53 bits per heavy atom. The maximum atomic E-state index is 10.4. The normalized spacial score (nSPS) is 20.9. The van der Waals surface area contributed by atoms with Gasteiger partial charge in [0.1, 0.15) is 6.10 Å². The van der Waals surface area contributed by atoms with E-state index in [9.17, 15) is 5.11 Å². The number of aryl methyl sites for hydroxylation is 1. The molecule has 0 aliphatic heterocycles. The third-order valence-corrected chi connectivity index (χ3v) is 3.52. The molecule has 0 amide bonds. The molecule has 2 nitrogen and oxygen atoms in total. The van der Waals surface area contributed by atoms with Crippen molar-refractivity contribution in [2.45, 2.75) is 19.1 Å². The van der Waals surface area contributed by atoms with Crippen molar-refractivity contribution in [2.24, 2.45) is 0 Å². The van der Waals surface area contributed by atoms with Crippen molar-refractivity contribution in [1.82, 2.24) is 0 Å². The third kappa shape index (κ3) is 2.40. The molecule has 2 atom stereocenters. The predicted molar refractivity (Wildman–Crippen MR) is 79.0 cm³/mol. The van der Waals surface area contributed by atoms with Gasteiger partial charge in [0.15, 0.2) is 0 Å². The zero-order chi connectivity index (χ0) is 13.2. The molecule has 2 aromatic carbocycles. The minimum Gasteiger partial charge on any atom is -0.386 e. The van der Waals surface area contributed by atoms with Crippen molar-refractivity contribution in [2.75, 3.05) is 5.32 Å². The van der Waals surface area contributed by atoms with Gasteiger partial charge in [-0.15, -0.1) is 0 Å². The fourth-order valence-corrected chi connectivity index (χ4v) is 2.41. The van der Waals surface area contributed by atoms with Crippen LogP contribution in [0.4, 0.5) is 5.69 Å². The number of fused-ring (bicyclic) bond motifs is 1. The molecule has 96 valence electrons. The molecule has 0 spiro atoms. The van der Waals surface area contributed by atoms with E-state index in [4.69, 9.17) is 0 Å². The van der Waals surface area contributed by atoms with E-state index in [1.54, 1.807) is 0 Å². The van der Waals surface area contributed by atoms with E-state index in [0.29, 0.717) is 0 Å². The molecule has 0 saturated heterocycles. The van der Waals surface area contributed by atoms with E-state index in [1.807, 2.05) is 42.5 Å². The molecule has 3 rings (SSSR count). The summed E-state index contributed by atoms with van der Waals surface area (Å²) in [7, 11) is 0. The Labute approximate surface area is 113 Å². The highest BCUT2D eigenvalue weighted by Gasteiger charge is 2.23. The van der Waals surface area contributed by atoms with E-state index < -0.39 is 6.10 Å². The molecule has 19 heavy (non-hydrogen) atoms. The maximum Gasteiger partial charge on any atom is 0.103 e. The number of benzene rings is 2. The lowest BCUT2D eigenvalue weighted by Gasteiger charge is -2.27. The molecule has 0 heterocycles. The van der Waals surface area contributed by atoms with Crippen LogP contribution in [0.1, 0.15) is 22.8 Å². The van der Waals surface area contributed by atoms with Gasteiger partial charge in [0.05, 0.1) is 6.04 Å². The lowest BCUT2D eigenvalue weighted by molar-refractivity contribution is 0.168. The molecule has 2 N–H and O–H groups in total. The topological polar surface area (TPSA) is 32.3 Å². The van der Waals surface area contributed by atoms with Gasteiger partial charge in [0.25, 0.3) is 0 Å². The van der Waals surface area contributed by atoms with Crippen LogP contribution < -0.4 is 5.32 Å². The number of aliphatic hydroxyl groups excluding tert-OH is 1. The Bertz CT molecular complexity index is 601. The Kier molecular flexibility index (Phi) is 3.10. The monoisotopic (exact) mass is 251 g/mol. The van der Waals surface area contributed by atoms with Crippen LogP contribution in [0.5, 0.6) is 0 Å². The molecule has 2 heteroatoms. The van der Waals surface area contributed by atoms with Crippen molar-refractivity contribution in [3.63, 3.8) is 0 Å². The molecule has 0 saturated carbocycles. The number of hydrogen-bond donors (Lipinski definition) is 2. The van der Waals surface area contributed by atoms with E-state index >= 15 is 0 Å². The van der Waals surface area contributed by atoms with Crippen LogP contribution in [0.15, 0.2) is 54.6 Å². The summed E-state index contributed by atoms with van der Waals surface area (Å²) in [5, 5.41) is 13.8. The van der Waals surface area contributed by atoms with Gasteiger partial charge in [0, 0.05) is 5.69 Å². The first-order valence-corrected chi connectivity index (χ1v) is 6.52. The molecule has 0 radical (unpaired) electrons. The van der Waals surface area contributed by atoms with E-state index in [-0.39, 0.29) is 6.04 Å². The Morgan fingerprint density at radius 1 is 1.00 bits per heavy atom. The van der Waals surface area contributed by atoms with Crippen LogP contribution in [0.3, 0.4) is 0 Å². The molecular formula is C17H17NO. The summed E-state index contributed by atoms with van der Waals surface area (Å²) in [6.45, 7) is 2.06. The molecule has 0 fully saturated rings. The number of hydrogen-bond acceptors (Lipinski definition) is 2. The second kappa shape index (κ2) is 4.90. The Balaban J connectivity index is 1.83. The van der Waals surface area contributed by atoms with Crippen molar-refractivity contribution >= 4 is 11.8 Å². The van der Waals surface area contributed by atoms with Crippen LogP contribution in [-0.4, -0.2) is 11.1 Å². The average molecular weight is 251 g/mol. The summed E-state index contributed by atoms with van der Waals surface area (Å²) in [6.07, 6.45) is 3.57. The van der Waals surface area contributed by atoms with E-state index in [0.717, 1.165) is 16.8 Å². The molecule has 1 aliphatic rings. The van der Waals surface area contributed by atoms with Gasteiger partial charge in [-0.25, -0.2) is 0 Å². The molecule has 0 bridgehead atoms. The first-order chi connectivity index (χ1) is 9.24. The van der Waals surface area contributed by atoms with E-state index in [1.165, 1.54) is 5.56 Å². The SMILES string of the molecule is Cc1ccc(N[C@@H]2C=Cc3ccccc3[C@H]2O)cc1. The molecular weight excluding hydrogens is 234 g/mol. The summed E-state index contributed by atoms with van der Waals surface area (Å²) in [5.74, 6) is 0. The van der Waals surface area contributed by atoms with Gasteiger partial charge >= 0.3 is 0 Å². The van der Waals surface area contributed by atoms with E-state index in [2.05, 4.69) is 30.4 Å². The van der Waals surface area contributed by atoms with Gasteiger partial charge in [-0.05, 0) is 30.2 Å². The largest absolute Gasteiger partial charge is 0.386 e. The van der Waals surface area contributed by atoms with Gasteiger partial charge in [-0.3, -0.25) is 0 Å². The highest BCUT2D eigenvalue weighted by atomic mass is 16.3. The molecule has 0 aromatic heterocycles. The van der Waals surface area contributed by atoms with Crippen LogP contribution in [0, 0.1) is 6.92 Å². The highest BCUT2D eigenvalue weighted by Crippen LogP contribution is 2.29. The minimum absolute atomic E-state index is 0.0855. The number of rotatable bonds is 2. The quantitative estimate of drug-likeness (QED) is 0.855. The first kappa shape index (κ1) is 12.0.